The minimum atomic E-state index is -3.81. The van der Waals surface area contributed by atoms with Gasteiger partial charge in [-0.25, -0.2) is 13.2 Å². The van der Waals surface area contributed by atoms with Crippen molar-refractivity contribution in [1.82, 2.24) is 4.31 Å². The smallest absolute Gasteiger partial charge is 0.336 e. The van der Waals surface area contributed by atoms with E-state index in [9.17, 15) is 13.2 Å². The van der Waals surface area contributed by atoms with Crippen LogP contribution < -0.4 is 0 Å². The summed E-state index contributed by atoms with van der Waals surface area (Å²) in [6.07, 6.45) is 4.63. The van der Waals surface area contributed by atoms with Crippen molar-refractivity contribution in [2.24, 2.45) is 17.8 Å². The van der Waals surface area contributed by atoms with E-state index >= 15 is 0 Å². The Hall–Kier alpha value is -2.44. The molecule has 4 atom stereocenters. The molecule has 1 aliphatic heterocycles. The molecule has 0 amide bonds. The number of esters is 1. The van der Waals surface area contributed by atoms with Crippen molar-refractivity contribution in [3.63, 3.8) is 0 Å². The zero-order valence-corrected chi connectivity index (χ0v) is 21.3. The van der Waals surface area contributed by atoms with E-state index in [-0.39, 0.29) is 17.5 Å². The van der Waals surface area contributed by atoms with Crippen molar-refractivity contribution < 1.29 is 17.9 Å². The number of ether oxygens (including phenoxy) is 1. The van der Waals surface area contributed by atoms with Gasteiger partial charge < -0.3 is 4.74 Å². The standard InChI is InChI=1S/C28H35NO4S/c1-19(2)24-15-12-21(4)18-26(24)33-28(30)25-16-17-29(27(25)22-8-6-5-7-9-22)34(31,32)23-13-10-20(3)11-14-23/h5-11,13-14,16,19,21,24,26-27H,12,15,17-18H2,1-4H3/t21-,24+,26-,27+/m0/s1. The third-order valence-electron chi connectivity index (χ3n) is 7.27. The van der Waals surface area contributed by atoms with Crippen molar-refractivity contribution in [1.29, 1.82) is 0 Å². The molecule has 1 aliphatic carbocycles. The highest BCUT2D eigenvalue weighted by Gasteiger charge is 2.42. The molecule has 2 aliphatic rings. The zero-order valence-electron chi connectivity index (χ0n) is 20.5. The van der Waals surface area contributed by atoms with E-state index in [0.29, 0.717) is 23.3 Å². The molecule has 4 rings (SSSR count). The van der Waals surface area contributed by atoms with E-state index in [1.54, 1.807) is 30.3 Å². The van der Waals surface area contributed by atoms with Crippen molar-refractivity contribution in [2.75, 3.05) is 6.54 Å². The Balaban J connectivity index is 1.64. The molecule has 0 radical (unpaired) electrons. The molecule has 2 aromatic rings. The summed E-state index contributed by atoms with van der Waals surface area (Å²) in [5.74, 6) is 0.852. The first-order chi connectivity index (χ1) is 16.2. The molecule has 0 saturated heterocycles. The molecule has 6 heteroatoms. The quantitative estimate of drug-likeness (QED) is 0.499. The lowest BCUT2D eigenvalue weighted by atomic mass is 9.75. The van der Waals surface area contributed by atoms with Gasteiger partial charge in [-0.15, -0.1) is 0 Å². The minimum Gasteiger partial charge on any atom is -0.459 e. The second-order valence-corrected chi connectivity index (χ2v) is 12.0. The Morgan fingerprint density at radius 1 is 1.03 bits per heavy atom. The summed E-state index contributed by atoms with van der Waals surface area (Å²) in [5.41, 5.74) is 2.16. The zero-order chi connectivity index (χ0) is 24.5. The molecule has 34 heavy (non-hydrogen) atoms. The molecule has 0 unspecified atom stereocenters. The molecular formula is C28H35NO4S. The van der Waals surface area contributed by atoms with Crippen molar-refractivity contribution in [2.45, 2.75) is 64.0 Å². The molecule has 2 aromatic carbocycles. The van der Waals surface area contributed by atoms with Crippen LogP contribution in [0.25, 0.3) is 0 Å². The van der Waals surface area contributed by atoms with Gasteiger partial charge in [-0.1, -0.05) is 81.3 Å². The molecule has 0 aromatic heterocycles. The molecule has 5 nitrogen and oxygen atoms in total. The second-order valence-electron chi connectivity index (χ2n) is 10.1. The van der Waals surface area contributed by atoms with Gasteiger partial charge in [0.05, 0.1) is 16.5 Å². The fourth-order valence-corrected chi connectivity index (χ4v) is 6.81. The molecule has 0 spiro atoms. The van der Waals surface area contributed by atoms with Gasteiger partial charge in [-0.05, 0) is 55.2 Å². The summed E-state index contributed by atoms with van der Waals surface area (Å²) < 4.78 is 34.8. The third kappa shape index (κ3) is 4.98. The molecule has 0 N–H and O–H groups in total. The van der Waals surface area contributed by atoms with Crippen LogP contribution in [0.4, 0.5) is 0 Å². The van der Waals surface area contributed by atoms with Crippen LogP contribution in [0.2, 0.25) is 0 Å². The summed E-state index contributed by atoms with van der Waals surface area (Å²) in [6, 6.07) is 15.5. The van der Waals surface area contributed by atoms with E-state index in [0.717, 1.165) is 30.4 Å². The van der Waals surface area contributed by atoms with Crippen LogP contribution in [-0.2, 0) is 19.6 Å². The summed E-state index contributed by atoms with van der Waals surface area (Å²) >= 11 is 0. The minimum absolute atomic E-state index is 0.134. The Kier molecular flexibility index (Phi) is 7.29. The molecule has 1 fully saturated rings. The molecule has 182 valence electrons. The van der Waals surface area contributed by atoms with Crippen molar-refractivity contribution >= 4 is 16.0 Å². The van der Waals surface area contributed by atoms with Crippen molar-refractivity contribution in [3.8, 4) is 0 Å². The van der Waals surface area contributed by atoms with Gasteiger partial charge >= 0.3 is 5.97 Å². The SMILES string of the molecule is Cc1ccc(S(=O)(=O)N2CC=C(C(=O)O[C@H]3C[C@@H](C)CC[C@@H]3C(C)C)[C@H]2c2ccccc2)cc1. The van der Waals surface area contributed by atoms with E-state index in [1.165, 1.54) is 4.31 Å². The average Bonchev–Trinajstić information content (AvgIpc) is 3.26. The number of rotatable bonds is 6. The van der Waals surface area contributed by atoms with Gasteiger partial charge in [0, 0.05) is 6.54 Å². The monoisotopic (exact) mass is 481 g/mol. The van der Waals surface area contributed by atoms with Gasteiger partial charge in [0.25, 0.3) is 0 Å². The van der Waals surface area contributed by atoms with Crippen LogP contribution in [0.3, 0.4) is 0 Å². The van der Waals surface area contributed by atoms with Crippen LogP contribution in [-0.4, -0.2) is 31.3 Å². The summed E-state index contributed by atoms with van der Waals surface area (Å²) in [6.45, 7) is 8.62. The Labute approximate surface area is 203 Å². The summed E-state index contributed by atoms with van der Waals surface area (Å²) in [7, 11) is -3.81. The van der Waals surface area contributed by atoms with Crippen LogP contribution in [0.5, 0.6) is 0 Å². The topological polar surface area (TPSA) is 63.7 Å². The lowest BCUT2D eigenvalue weighted by Crippen LogP contribution is -2.37. The molecular weight excluding hydrogens is 446 g/mol. The fraction of sp³-hybridized carbons (Fsp3) is 0.464. The van der Waals surface area contributed by atoms with Gasteiger partial charge in [0.1, 0.15) is 6.10 Å². The van der Waals surface area contributed by atoms with Crippen LogP contribution in [0, 0.1) is 24.7 Å². The summed E-state index contributed by atoms with van der Waals surface area (Å²) in [4.78, 5) is 13.7. The first-order valence-corrected chi connectivity index (χ1v) is 13.7. The van der Waals surface area contributed by atoms with Gasteiger partial charge in [0.15, 0.2) is 0 Å². The predicted molar refractivity (Wildman–Crippen MR) is 134 cm³/mol. The van der Waals surface area contributed by atoms with E-state index in [2.05, 4.69) is 20.8 Å². The number of hydrogen-bond donors (Lipinski definition) is 0. The van der Waals surface area contributed by atoms with Crippen LogP contribution in [0.15, 0.2) is 71.1 Å². The maximum absolute atomic E-state index is 13.6. The second kappa shape index (κ2) is 10.0. The highest BCUT2D eigenvalue weighted by molar-refractivity contribution is 7.89. The number of benzene rings is 2. The number of sulfonamides is 1. The highest BCUT2D eigenvalue weighted by atomic mass is 32.2. The maximum Gasteiger partial charge on any atom is 0.336 e. The van der Waals surface area contributed by atoms with Crippen molar-refractivity contribution in [3.05, 3.63) is 77.4 Å². The molecule has 1 heterocycles. The third-order valence-corrected chi connectivity index (χ3v) is 9.12. The van der Waals surface area contributed by atoms with E-state index in [4.69, 9.17) is 4.74 Å². The number of carbonyl (C=O) groups is 1. The maximum atomic E-state index is 13.6. The van der Waals surface area contributed by atoms with E-state index in [1.807, 2.05) is 37.3 Å². The van der Waals surface area contributed by atoms with Gasteiger partial charge in [-0.3, -0.25) is 0 Å². The normalized spacial score (nSPS) is 25.9. The van der Waals surface area contributed by atoms with Gasteiger partial charge in [-0.2, -0.15) is 4.31 Å². The Morgan fingerprint density at radius 2 is 1.71 bits per heavy atom. The number of nitrogens with zero attached hydrogens (tertiary/aromatic N) is 1. The Morgan fingerprint density at radius 3 is 2.35 bits per heavy atom. The molecule has 1 saturated carbocycles. The van der Waals surface area contributed by atoms with E-state index < -0.39 is 22.0 Å². The van der Waals surface area contributed by atoms with Crippen LogP contribution >= 0.6 is 0 Å². The Bertz CT molecular complexity index is 1140. The lowest BCUT2D eigenvalue weighted by Gasteiger charge is -2.37. The highest BCUT2D eigenvalue weighted by Crippen LogP contribution is 2.40. The predicted octanol–water partition coefficient (Wildman–Crippen LogP) is 5.67. The van der Waals surface area contributed by atoms with Crippen LogP contribution in [0.1, 0.15) is 57.2 Å². The first kappa shape index (κ1) is 24.7. The average molecular weight is 482 g/mol. The largest absolute Gasteiger partial charge is 0.459 e. The lowest BCUT2D eigenvalue weighted by molar-refractivity contribution is -0.151. The van der Waals surface area contributed by atoms with Gasteiger partial charge in [0.2, 0.25) is 10.0 Å². The molecule has 0 bridgehead atoms. The summed E-state index contributed by atoms with van der Waals surface area (Å²) in [5, 5.41) is 0. The fourth-order valence-electron chi connectivity index (χ4n) is 5.27. The first-order valence-electron chi connectivity index (χ1n) is 12.2. The number of carbonyl (C=O) groups excluding carboxylic acids is 1. The number of hydrogen-bond acceptors (Lipinski definition) is 4. The number of aryl methyl sites for hydroxylation is 1.